The van der Waals surface area contributed by atoms with Crippen molar-refractivity contribution in [2.45, 2.75) is 25.7 Å². The number of rotatable bonds is 5. The van der Waals surface area contributed by atoms with Crippen LogP contribution in [0.15, 0.2) is 53.1 Å². The van der Waals surface area contributed by atoms with Crippen LogP contribution in [0, 0.1) is 5.92 Å². The van der Waals surface area contributed by atoms with Gasteiger partial charge in [0.2, 0.25) is 5.91 Å². The topological polar surface area (TPSA) is 62.6 Å². The van der Waals surface area contributed by atoms with Crippen molar-refractivity contribution < 1.29 is 14.0 Å². The second-order valence-corrected chi connectivity index (χ2v) is 6.60. The van der Waals surface area contributed by atoms with E-state index in [9.17, 15) is 9.59 Å². The molecule has 1 atom stereocenters. The molecule has 5 heteroatoms. The summed E-state index contributed by atoms with van der Waals surface area (Å²) in [6.45, 7) is 3.92. The molecule has 1 fully saturated rings. The van der Waals surface area contributed by atoms with Crippen molar-refractivity contribution in [1.29, 1.82) is 0 Å². The van der Waals surface area contributed by atoms with Gasteiger partial charge in [0.05, 0.1) is 6.26 Å². The molecule has 0 unspecified atom stereocenters. The molecule has 1 aromatic heterocycles. The van der Waals surface area contributed by atoms with Crippen molar-refractivity contribution >= 4 is 11.8 Å². The minimum atomic E-state index is -0.0958. The molecule has 2 amide bonds. The second kappa shape index (κ2) is 8.01. The molecule has 1 N–H and O–H groups in total. The fraction of sp³-hybridized carbons (Fsp3) is 0.400. The number of nitrogens with one attached hydrogen (secondary N) is 1. The van der Waals surface area contributed by atoms with E-state index in [0.29, 0.717) is 38.2 Å². The Morgan fingerprint density at radius 1 is 1.16 bits per heavy atom. The van der Waals surface area contributed by atoms with E-state index in [1.807, 2.05) is 18.2 Å². The van der Waals surface area contributed by atoms with Crippen LogP contribution in [-0.2, 0) is 4.79 Å². The summed E-state index contributed by atoms with van der Waals surface area (Å²) in [6, 6.07) is 13.6. The van der Waals surface area contributed by atoms with Gasteiger partial charge in [-0.05, 0) is 36.5 Å². The molecule has 0 saturated carbocycles. The Balaban J connectivity index is 1.45. The van der Waals surface area contributed by atoms with E-state index < -0.39 is 0 Å². The minimum Gasteiger partial charge on any atom is -0.459 e. The Labute approximate surface area is 148 Å². The Kier molecular flexibility index (Phi) is 5.53. The van der Waals surface area contributed by atoms with Crippen molar-refractivity contribution in [3.05, 3.63) is 60.1 Å². The summed E-state index contributed by atoms with van der Waals surface area (Å²) in [6.07, 6.45) is 2.89. The Morgan fingerprint density at radius 3 is 2.52 bits per heavy atom. The van der Waals surface area contributed by atoms with Gasteiger partial charge in [-0.3, -0.25) is 9.59 Å². The average molecular weight is 340 g/mol. The summed E-state index contributed by atoms with van der Waals surface area (Å²) in [5.74, 6) is 0.614. The van der Waals surface area contributed by atoms with Gasteiger partial charge in [-0.15, -0.1) is 0 Å². The Hall–Kier alpha value is -2.56. The summed E-state index contributed by atoms with van der Waals surface area (Å²) < 4.78 is 5.16. The summed E-state index contributed by atoms with van der Waals surface area (Å²) in [5.41, 5.74) is 1.22. The number of furan rings is 1. The molecular weight excluding hydrogens is 316 g/mol. The maximum absolute atomic E-state index is 12.4. The van der Waals surface area contributed by atoms with Crippen molar-refractivity contribution in [3.8, 4) is 0 Å². The van der Waals surface area contributed by atoms with Gasteiger partial charge in [0.15, 0.2) is 5.76 Å². The fourth-order valence-corrected chi connectivity index (χ4v) is 3.20. The highest BCUT2D eigenvalue weighted by Crippen LogP contribution is 2.20. The maximum Gasteiger partial charge on any atom is 0.289 e. The molecule has 0 bridgehead atoms. The molecule has 1 saturated heterocycles. The van der Waals surface area contributed by atoms with Crippen LogP contribution in [-0.4, -0.2) is 36.3 Å². The first-order valence-electron chi connectivity index (χ1n) is 8.80. The summed E-state index contributed by atoms with van der Waals surface area (Å²) in [5, 5.41) is 3.06. The molecule has 1 aromatic carbocycles. The number of hydrogen-bond donors (Lipinski definition) is 1. The van der Waals surface area contributed by atoms with Crippen LogP contribution >= 0.6 is 0 Å². The molecule has 1 aliphatic heterocycles. The summed E-state index contributed by atoms with van der Waals surface area (Å²) >= 11 is 0. The van der Waals surface area contributed by atoms with Crippen LogP contribution < -0.4 is 5.32 Å². The third-order valence-corrected chi connectivity index (χ3v) is 4.84. The van der Waals surface area contributed by atoms with E-state index in [4.69, 9.17) is 4.42 Å². The van der Waals surface area contributed by atoms with Crippen LogP contribution in [0.5, 0.6) is 0 Å². The zero-order valence-corrected chi connectivity index (χ0v) is 14.5. The summed E-state index contributed by atoms with van der Waals surface area (Å²) in [4.78, 5) is 26.4. The van der Waals surface area contributed by atoms with Crippen molar-refractivity contribution in [2.75, 3.05) is 19.6 Å². The lowest BCUT2D eigenvalue weighted by Crippen LogP contribution is -2.43. The SMILES string of the molecule is C[C@@H](CNC(=O)C1CCN(C(=O)c2ccco2)CC1)c1ccccc1. The van der Waals surface area contributed by atoms with Crippen molar-refractivity contribution in [1.82, 2.24) is 10.2 Å². The lowest BCUT2D eigenvalue weighted by molar-refractivity contribution is -0.126. The van der Waals surface area contributed by atoms with E-state index in [0.717, 1.165) is 0 Å². The first-order valence-corrected chi connectivity index (χ1v) is 8.80. The monoisotopic (exact) mass is 340 g/mol. The fourth-order valence-electron chi connectivity index (χ4n) is 3.20. The number of hydrogen-bond acceptors (Lipinski definition) is 3. The van der Waals surface area contributed by atoms with Gasteiger partial charge in [-0.25, -0.2) is 0 Å². The zero-order chi connectivity index (χ0) is 17.6. The molecule has 25 heavy (non-hydrogen) atoms. The van der Waals surface area contributed by atoms with Crippen LogP contribution in [0.2, 0.25) is 0 Å². The molecule has 0 spiro atoms. The molecular formula is C20H24N2O3. The second-order valence-electron chi connectivity index (χ2n) is 6.60. The highest BCUT2D eigenvalue weighted by molar-refractivity contribution is 5.91. The Bertz CT molecular complexity index is 689. The largest absolute Gasteiger partial charge is 0.459 e. The lowest BCUT2D eigenvalue weighted by Gasteiger charge is -2.31. The van der Waals surface area contributed by atoms with E-state index in [-0.39, 0.29) is 23.7 Å². The van der Waals surface area contributed by atoms with Gasteiger partial charge in [-0.2, -0.15) is 0 Å². The zero-order valence-electron chi connectivity index (χ0n) is 14.5. The van der Waals surface area contributed by atoms with Gasteiger partial charge in [0.25, 0.3) is 5.91 Å². The normalized spacial score (nSPS) is 16.4. The third-order valence-electron chi connectivity index (χ3n) is 4.84. The maximum atomic E-state index is 12.4. The van der Waals surface area contributed by atoms with Gasteiger partial charge in [-0.1, -0.05) is 37.3 Å². The molecule has 0 aliphatic carbocycles. The minimum absolute atomic E-state index is 0.0244. The van der Waals surface area contributed by atoms with Crippen LogP contribution in [0.3, 0.4) is 0 Å². The number of likely N-dealkylation sites (tertiary alicyclic amines) is 1. The number of carbonyl (C=O) groups is 2. The van der Waals surface area contributed by atoms with E-state index in [1.54, 1.807) is 17.0 Å². The van der Waals surface area contributed by atoms with Gasteiger partial charge in [0, 0.05) is 25.6 Å². The number of carbonyl (C=O) groups excluding carboxylic acids is 2. The van der Waals surface area contributed by atoms with E-state index in [1.165, 1.54) is 11.8 Å². The molecule has 2 heterocycles. The lowest BCUT2D eigenvalue weighted by atomic mass is 9.95. The molecule has 5 nitrogen and oxygen atoms in total. The number of nitrogens with zero attached hydrogens (tertiary/aromatic N) is 1. The third kappa shape index (κ3) is 4.29. The van der Waals surface area contributed by atoms with E-state index >= 15 is 0 Å². The molecule has 3 rings (SSSR count). The molecule has 132 valence electrons. The van der Waals surface area contributed by atoms with Crippen LogP contribution in [0.1, 0.15) is 41.8 Å². The highest BCUT2D eigenvalue weighted by atomic mass is 16.3. The first-order chi connectivity index (χ1) is 12.1. The molecule has 1 aliphatic rings. The standard InChI is InChI=1S/C20H24N2O3/c1-15(16-6-3-2-4-7-16)14-21-19(23)17-9-11-22(12-10-17)20(24)18-8-5-13-25-18/h2-8,13,15,17H,9-12,14H2,1H3,(H,21,23)/t15-/m0/s1. The van der Waals surface area contributed by atoms with Crippen molar-refractivity contribution in [2.24, 2.45) is 5.92 Å². The predicted molar refractivity (Wildman–Crippen MR) is 95.2 cm³/mol. The van der Waals surface area contributed by atoms with Gasteiger partial charge in [0.1, 0.15) is 0 Å². The highest BCUT2D eigenvalue weighted by Gasteiger charge is 2.28. The van der Waals surface area contributed by atoms with E-state index in [2.05, 4.69) is 24.4 Å². The quantitative estimate of drug-likeness (QED) is 0.910. The summed E-state index contributed by atoms with van der Waals surface area (Å²) in [7, 11) is 0. The molecule has 2 aromatic rings. The number of piperidine rings is 1. The smallest absolute Gasteiger partial charge is 0.289 e. The average Bonchev–Trinajstić information content (AvgIpc) is 3.21. The Morgan fingerprint density at radius 2 is 1.88 bits per heavy atom. The molecule has 0 radical (unpaired) electrons. The predicted octanol–water partition coefficient (Wildman–Crippen LogP) is 3.05. The first kappa shape index (κ1) is 17.3. The van der Waals surface area contributed by atoms with Crippen LogP contribution in [0.25, 0.3) is 0 Å². The van der Waals surface area contributed by atoms with Gasteiger partial charge >= 0.3 is 0 Å². The van der Waals surface area contributed by atoms with Crippen molar-refractivity contribution in [3.63, 3.8) is 0 Å². The number of amides is 2. The van der Waals surface area contributed by atoms with Crippen LogP contribution in [0.4, 0.5) is 0 Å². The number of benzene rings is 1. The van der Waals surface area contributed by atoms with Gasteiger partial charge < -0.3 is 14.6 Å².